The van der Waals surface area contributed by atoms with E-state index in [1.807, 2.05) is 37.3 Å². The van der Waals surface area contributed by atoms with Gasteiger partial charge in [-0.25, -0.2) is 0 Å². The molecule has 1 N–H and O–H groups in total. The van der Waals surface area contributed by atoms with Crippen molar-refractivity contribution in [2.24, 2.45) is 0 Å². The van der Waals surface area contributed by atoms with Gasteiger partial charge in [-0.3, -0.25) is 4.79 Å². The fraction of sp³-hybridized carbons (Fsp3) is 0.0667. The Morgan fingerprint density at radius 1 is 1.33 bits per heavy atom. The zero-order chi connectivity index (χ0) is 15.0. The molecule has 2 heterocycles. The van der Waals surface area contributed by atoms with E-state index in [1.165, 1.54) is 17.3 Å². The van der Waals surface area contributed by atoms with Crippen molar-refractivity contribution in [1.29, 1.82) is 0 Å². The molecule has 1 amide bonds. The predicted molar refractivity (Wildman–Crippen MR) is 92.9 cm³/mol. The molecule has 0 aliphatic carbocycles. The van der Waals surface area contributed by atoms with Gasteiger partial charge in [-0.1, -0.05) is 46.0 Å². The predicted octanol–water partition coefficient (Wildman–Crippen LogP) is 4.51. The minimum atomic E-state index is -0.181. The van der Waals surface area contributed by atoms with Crippen LogP contribution in [0.4, 0.5) is 0 Å². The highest BCUT2D eigenvalue weighted by molar-refractivity contribution is 9.10. The third kappa shape index (κ3) is 3.12. The second-order valence-corrected chi connectivity index (χ2v) is 7.11. The third-order valence-corrected chi connectivity index (χ3v) is 4.75. The van der Waals surface area contributed by atoms with Gasteiger partial charge in [0.25, 0.3) is 5.91 Å². The average Bonchev–Trinajstić information content (AvgIpc) is 2.97. The highest BCUT2D eigenvalue weighted by Crippen LogP contribution is 2.32. The summed E-state index contributed by atoms with van der Waals surface area (Å²) in [7, 11) is 0. The Morgan fingerprint density at radius 3 is 2.81 bits per heavy atom. The van der Waals surface area contributed by atoms with E-state index in [0.717, 1.165) is 15.8 Å². The molecule has 0 radical (unpaired) electrons. The van der Waals surface area contributed by atoms with Crippen molar-refractivity contribution in [2.45, 2.75) is 6.92 Å². The number of amides is 1. The molecule has 1 aromatic heterocycles. The molecule has 2 aromatic rings. The summed E-state index contributed by atoms with van der Waals surface area (Å²) in [4.78, 5) is 12.2. The molecule has 6 heteroatoms. The van der Waals surface area contributed by atoms with Crippen LogP contribution in [0.5, 0.6) is 0 Å². The summed E-state index contributed by atoms with van der Waals surface area (Å²) in [6.07, 6.45) is 1.70. The first kappa shape index (κ1) is 14.6. The highest BCUT2D eigenvalue weighted by Gasteiger charge is 2.22. The first-order valence-electron chi connectivity index (χ1n) is 6.14. The molecule has 0 saturated carbocycles. The largest absolute Gasteiger partial charge is 0.457 e. The van der Waals surface area contributed by atoms with E-state index in [9.17, 15) is 4.79 Å². The Balaban J connectivity index is 1.92. The van der Waals surface area contributed by atoms with Crippen molar-refractivity contribution in [3.63, 3.8) is 0 Å². The lowest BCUT2D eigenvalue weighted by Crippen LogP contribution is -2.17. The molecule has 1 saturated heterocycles. The van der Waals surface area contributed by atoms with E-state index in [0.29, 0.717) is 15.0 Å². The molecule has 0 bridgehead atoms. The van der Waals surface area contributed by atoms with Gasteiger partial charge in [0.1, 0.15) is 15.8 Å². The summed E-state index contributed by atoms with van der Waals surface area (Å²) < 4.78 is 7.24. The van der Waals surface area contributed by atoms with E-state index in [1.54, 1.807) is 6.08 Å². The quantitative estimate of drug-likeness (QED) is 0.615. The number of carbonyl (C=O) groups is 1. The fourth-order valence-corrected chi connectivity index (χ4v) is 3.66. The van der Waals surface area contributed by atoms with Crippen LogP contribution in [0.15, 0.2) is 44.1 Å². The van der Waals surface area contributed by atoms with E-state index in [2.05, 4.69) is 21.2 Å². The summed E-state index contributed by atoms with van der Waals surface area (Å²) in [6, 6.07) is 9.79. The van der Waals surface area contributed by atoms with Gasteiger partial charge in [0.15, 0.2) is 0 Å². The maximum Gasteiger partial charge on any atom is 0.263 e. The van der Waals surface area contributed by atoms with Gasteiger partial charge >= 0.3 is 0 Å². The Hall–Kier alpha value is -1.37. The number of carbonyl (C=O) groups excluding carboxylic acids is 1. The summed E-state index contributed by atoms with van der Waals surface area (Å²) in [5.74, 6) is 1.19. The lowest BCUT2D eigenvalue weighted by Gasteiger charge is -2.02. The Bertz CT molecular complexity index is 780. The van der Waals surface area contributed by atoms with Gasteiger partial charge in [-0.15, -0.1) is 0 Å². The van der Waals surface area contributed by atoms with Crippen LogP contribution in [-0.2, 0) is 4.79 Å². The van der Waals surface area contributed by atoms with E-state index < -0.39 is 0 Å². The number of rotatable bonds is 2. The fourth-order valence-electron chi connectivity index (χ4n) is 1.95. The summed E-state index contributed by atoms with van der Waals surface area (Å²) in [5.41, 5.74) is 2.15. The van der Waals surface area contributed by atoms with Crippen molar-refractivity contribution >= 4 is 56.2 Å². The number of halogens is 1. The van der Waals surface area contributed by atoms with Crippen molar-refractivity contribution in [1.82, 2.24) is 5.32 Å². The number of hydrogen-bond acceptors (Lipinski definition) is 4. The van der Waals surface area contributed by atoms with Crippen molar-refractivity contribution in [3.8, 4) is 11.3 Å². The standard InChI is InChI=1S/C15H10BrNO2S2/c1-8-2-4-10(11(16)6-8)12-5-3-9(19-12)7-13-14(18)17-15(20)21-13/h2-7H,1H3,(H,17,18,20)/b13-7-. The molecule has 0 unspecified atom stereocenters. The van der Waals surface area contributed by atoms with Crippen LogP contribution in [0, 0.1) is 6.92 Å². The Morgan fingerprint density at radius 2 is 2.14 bits per heavy atom. The molecule has 3 rings (SSSR count). The van der Waals surface area contributed by atoms with Crippen LogP contribution in [0.3, 0.4) is 0 Å². The minimum Gasteiger partial charge on any atom is -0.457 e. The molecule has 1 fully saturated rings. The smallest absolute Gasteiger partial charge is 0.263 e. The average molecular weight is 380 g/mol. The minimum absolute atomic E-state index is 0.181. The Labute approximate surface area is 139 Å². The van der Waals surface area contributed by atoms with Gasteiger partial charge in [0.2, 0.25) is 0 Å². The van der Waals surface area contributed by atoms with E-state index in [4.69, 9.17) is 16.6 Å². The molecular formula is C15H10BrNO2S2. The first-order valence-corrected chi connectivity index (χ1v) is 8.16. The number of hydrogen-bond donors (Lipinski definition) is 1. The molecule has 1 aliphatic heterocycles. The SMILES string of the molecule is Cc1ccc(-c2ccc(/C=C3\SC(=S)NC3=O)o2)c(Br)c1. The molecular weight excluding hydrogens is 370 g/mol. The summed E-state index contributed by atoms with van der Waals surface area (Å²) in [6.45, 7) is 2.03. The first-order chi connectivity index (χ1) is 10.0. The zero-order valence-electron chi connectivity index (χ0n) is 11.0. The number of thiocarbonyl (C=S) groups is 1. The highest BCUT2D eigenvalue weighted by atomic mass is 79.9. The van der Waals surface area contributed by atoms with Crippen LogP contribution >= 0.6 is 39.9 Å². The number of aryl methyl sites for hydroxylation is 1. The molecule has 3 nitrogen and oxygen atoms in total. The molecule has 21 heavy (non-hydrogen) atoms. The van der Waals surface area contributed by atoms with Crippen LogP contribution in [-0.4, -0.2) is 10.2 Å². The molecule has 0 spiro atoms. The number of furan rings is 1. The molecule has 106 valence electrons. The monoisotopic (exact) mass is 379 g/mol. The molecule has 0 atom stereocenters. The topological polar surface area (TPSA) is 42.2 Å². The zero-order valence-corrected chi connectivity index (χ0v) is 14.2. The maximum atomic E-state index is 11.6. The van der Waals surface area contributed by atoms with Crippen molar-refractivity contribution < 1.29 is 9.21 Å². The van der Waals surface area contributed by atoms with Crippen molar-refractivity contribution in [2.75, 3.05) is 0 Å². The lowest BCUT2D eigenvalue weighted by atomic mass is 10.1. The second-order valence-electron chi connectivity index (χ2n) is 4.54. The van der Waals surface area contributed by atoms with Crippen molar-refractivity contribution in [3.05, 3.63) is 51.0 Å². The molecule has 1 aromatic carbocycles. The summed E-state index contributed by atoms with van der Waals surface area (Å²) in [5, 5.41) is 2.58. The summed E-state index contributed by atoms with van der Waals surface area (Å²) >= 11 is 9.73. The van der Waals surface area contributed by atoms with Gasteiger partial charge in [-0.2, -0.15) is 0 Å². The van der Waals surface area contributed by atoms with Crippen LogP contribution in [0.1, 0.15) is 11.3 Å². The van der Waals surface area contributed by atoms with Crippen LogP contribution < -0.4 is 5.32 Å². The van der Waals surface area contributed by atoms with E-state index >= 15 is 0 Å². The maximum absolute atomic E-state index is 11.6. The van der Waals surface area contributed by atoms with Gasteiger partial charge in [-0.05, 0) is 36.8 Å². The van der Waals surface area contributed by atoms with Crippen LogP contribution in [0.2, 0.25) is 0 Å². The lowest BCUT2D eigenvalue weighted by molar-refractivity contribution is -0.115. The van der Waals surface area contributed by atoms with Gasteiger partial charge in [0.05, 0.1) is 4.91 Å². The third-order valence-electron chi connectivity index (χ3n) is 2.93. The molecule has 1 aliphatic rings. The van der Waals surface area contributed by atoms with Crippen LogP contribution in [0.25, 0.3) is 17.4 Å². The van der Waals surface area contributed by atoms with Gasteiger partial charge in [0, 0.05) is 16.1 Å². The second kappa shape index (κ2) is 5.79. The van der Waals surface area contributed by atoms with Gasteiger partial charge < -0.3 is 9.73 Å². The number of nitrogens with one attached hydrogen (secondary N) is 1. The normalized spacial score (nSPS) is 16.6. The number of thioether (sulfide) groups is 1. The van der Waals surface area contributed by atoms with E-state index in [-0.39, 0.29) is 5.91 Å². The number of benzene rings is 1. The Kier molecular flexibility index (Phi) is 4.01.